The number of hydrogen-bond donors (Lipinski definition) is 0. The summed E-state index contributed by atoms with van der Waals surface area (Å²) >= 11 is 0. The lowest BCUT2D eigenvalue weighted by atomic mass is 9.97. The first-order chi connectivity index (χ1) is 26.3. The zero-order chi connectivity index (χ0) is 35.1. The third-order valence-electron chi connectivity index (χ3n) is 9.92. The van der Waals surface area contributed by atoms with Gasteiger partial charge < -0.3 is 13.7 Å². The fourth-order valence-corrected chi connectivity index (χ4v) is 7.42. The average molecular weight is 681 g/mol. The van der Waals surface area contributed by atoms with Crippen molar-refractivity contribution >= 4 is 50.1 Å². The van der Waals surface area contributed by atoms with Crippen LogP contribution in [0.4, 0.5) is 17.1 Å². The quantitative estimate of drug-likeness (QED) is 0.168. The van der Waals surface area contributed by atoms with Crippen LogP contribution < -0.4 is 4.90 Å². The Morgan fingerprint density at radius 2 is 0.943 bits per heavy atom. The van der Waals surface area contributed by atoms with E-state index in [2.05, 4.69) is 150 Å². The molecule has 0 saturated carbocycles. The van der Waals surface area contributed by atoms with Gasteiger partial charge in [-0.2, -0.15) is 0 Å². The highest BCUT2D eigenvalue weighted by atomic mass is 16.4. The average Bonchev–Trinajstić information content (AvgIpc) is 3.83. The minimum absolute atomic E-state index is 0.582. The number of hydrogen-bond acceptors (Lipinski definition) is 4. The van der Waals surface area contributed by atoms with E-state index in [0.29, 0.717) is 11.5 Å². The maximum atomic E-state index is 6.42. The molecule has 0 N–H and O–H groups in total. The van der Waals surface area contributed by atoms with Crippen molar-refractivity contribution in [1.29, 1.82) is 0 Å². The summed E-state index contributed by atoms with van der Waals surface area (Å²) in [5.41, 5.74) is 13.9. The molecule has 0 aliphatic heterocycles. The zero-order valence-corrected chi connectivity index (χ0v) is 28.7. The Morgan fingerprint density at radius 3 is 1.64 bits per heavy atom. The van der Waals surface area contributed by atoms with Crippen LogP contribution in [0.25, 0.3) is 77.9 Å². The van der Waals surface area contributed by atoms with E-state index in [4.69, 9.17) is 13.8 Å². The van der Waals surface area contributed by atoms with Gasteiger partial charge in [0.2, 0.25) is 5.89 Å². The van der Waals surface area contributed by atoms with Crippen LogP contribution in [-0.4, -0.2) is 4.98 Å². The summed E-state index contributed by atoms with van der Waals surface area (Å²) in [6, 6.07) is 67.5. The Morgan fingerprint density at radius 1 is 0.396 bits per heavy atom. The van der Waals surface area contributed by atoms with Gasteiger partial charge in [0.25, 0.3) is 0 Å². The maximum Gasteiger partial charge on any atom is 0.227 e. The third-order valence-corrected chi connectivity index (χ3v) is 9.92. The molecule has 2 aromatic heterocycles. The smallest absolute Gasteiger partial charge is 0.227 e. The summed E-state index contributed by atoms with van der Waals surface area (Å²) in [7, 11) is 0. The second-order valence-electron chi connectivity index (χ2n) is 13.1. The Labute approximate surface area is 306 Å². The molecule has 0 radical (unpaired) electrons. The predicted octanol–water partition coefficient (Wildman–Crippen LogP) is 13.9. The number of furan rings is 1. The lowest BCUT2D eigenvalue weighted by molar-refractivity contribution is 0.617. The minimum atomic E-state index is 0.582. The van der Waals surface area contributed by atoms with Gasteiger partial charge in [0.15, 0.2) is 5.58 Å². The highest BCUT2D eigenvalue weighted by Gasteiger charge is 2.22. The van der Waals surface area contributed by atoms with Crippen molar-refractivity contribution in [3.8, 4) is 44.8 Å². The molecule has 10 rings (SSSR count). The summed E-state index contributed by atoms with van der Waals surface area (Å²) in [5, 5.41) is 2.07. The molecular weight excluding hydrogens is 649 g/mol. The van der Waals surface area contributed by atoms with Crippen molar-refractivity contribution in [2.45, 2.75) is 0 Å². The third kappa shape index (κ3) is 5.45. The molecule has 0 aliphatic carbocycles. The molecule has 4 heteroatoms. The number of oxazole rings is 1. The van der Waals surface area contributed by atoms with Crippen molar-refractivity contribution in [1.82, 2.24) is 4.98 Å². The molecule has 0 fully saturated rings. The summed E-state index contributed by atoms with van der Waals surface area (Å²) in [6.45, 7) is 0. The minimum Gasteiger partial charge on any atom is -0.456 e. The first-order valence-corrected chi connectivity index (χ1v) is 17.8. The molecule has 53 heavy (non-hydrogen) atoms. The van der Waals surface area contributed by atoms with Gasteiger partial charge in [-0.25, -0.2) is 4.98 Å². The van der Waals surface area contributed by atoms with Crippen molar-refractivity contribution in [2.24, 2.45) is 0 Å². The van der Waals surface area contributed by atoms with Crippen LogP contribution in [0.2, 0.25) is 0 Å². The van der Waals surface area contributed by atoms with E-state index >= 15 is 0 Å². The van der Waals surface area contributed by atoms with Crippen LogP contribution in [0.3, 0.4) is 0 Å². The van der Waals surface area contributed by atoms with Crippen LogP contribution in [0, 0.1) is 0 Å². The van der Waals surface area contributed by atoms with Gasteiger partial charge in [-0.3, -0.25) is 0 Å². The normalized spacial score (nSPS) is 11.4. The van der Waals surface area contributed by atoms with E-state index in [1.165, 1.54) is 11.1 Å². The highest BCUT2D eigenvalue weighted by molar-refractivity contribution is 6.19. The predicted molar refractivity (Wildman–Crippen MR) is 218 cm³/mol. The van der Waals surface area contributed by atoms with Gasteiger partial charge in [-0.05, 0) is 70.8 Å². The highest BCUT2D eigenvalue weighted by Crippen LogP contribution is 2.45. The molecule has 250 valence electrons. The van der Waals surface area contributed by atoms with E-state index in [9.17, 15) is 0 Å². The standard InChI is InChI=1S/C49H32N2O2/c1-4-14-33(15-5-1)34-24-28-38(29-25-34)51(42-22-12-10-20-40(42)35-16-6-2-7-17-35)39-30-26-36(27-31-39)46-47-41-21-11-13-23-43(41)52-44(47)32-45-48(46)50-49(53-45)37-18-8-3-9-19-37/h1-32H. The van der Waals surface area contributed by atoms with Crippen LogP contribution >= 0.6 is 0 Å². The summed E-state index contributed by atoms with van der Waals surface area (Å²) in [6.07, 6.45) is 0. The summed E-state index contributed by atoms with van der Waals surface area (Å²) in [5.74, 6) is 0.582. The molecule has 2 heterocycles. The molecule has 4 nitrogen and oxygen atoms in total. The topological polar surface area (TPSA) is 42.4 Å². The zero-order valence-electron chi connectivity index (χ0n) is 28.7. The van der Waals surface area contributed by atoms with Crippen LogP contribution in [-0.2, 0) is 0 Å². The Kier molecular flexibility index (Phi) is 7.43. The van der Waals surface area contributed by atoms with Crippen molar-refractivity contribution in [3.05, 3.63) is 194 Å². The molecule has 0 atom stereocenters. The number of benzene rings is 8. The van der Waals surface area contributed by atoms with Crippen molar-refractivity contribution < 1.29 is 8.83 Å². The summed E-state index contributed by atoms with van der Waals surface area (Å²) < 4.78 is 12.8. The SMILES string of the molecule is c1ccc(-c2ccc(N(c3ccc(-c4c5nc(-c6ccccc6)oc5cc5oc6ccccc6c45)cc3)c3ccccc3-c3ccccc3)cc2)cc1. The van der Waals surface area contributed by atoms with Gasteiger partial charge in [0, 0.05) is 44.9 Å². The van der Waals surface area contributed by atoms with Gasteiger partial charge in [-0.1, -0.05) is 140 Å². The number of aromatic nitrogens is 1. The molecule has 0 spiro atoms. The van der Waals surface area contributed by atoms with E-state index in [0.717, 1.165) is 72.3 Å². The first kappa shape index (κ1) is 30.6. The van der Waals surface area contributed by atoms with Crippen LogP contribution in [0.1, 0.15) is 0 Å². The fraction of sp³-hybridized carbons (Fsp3) is 0. The van der Waals surface area contributed by atoms with Crippen LogP contribution in [0.15, 0.2) is 203 Å². The number of rotatable bonds is 7. The van der Waals surface area contributed by atoms with E-state index in [1.807, 2.05) is 48.5 Å². The lowest BCUT2D eigenvalue weighted by Crippen LogP contribution is -2.11. The fourth-order valence-electron chi connectivity index (χ4n) is 7.42. The van der Waals surface area contributed by atoms with E-state index in [1.54, 1.807) is 0 Å². The summed E-state index contributed by atoms with van der Waals surface area (Å²) in [4.78, 5) is 7.45. The number of para-hydroxylation sites is 2. The van der Waals surface area contributed by atoms with Gasteiger partial charge in [0.05, 0.1) is 5.69 Å². The number of nitrogens with zero attached hydrogens (tertiary/aromatic N) is 2. The van der Waals surface area contributed by atoms with Crippen molar-refractivity contribution in [3.63, 3.8) is 0 Å². The molecule has 10 aromatic rings. The van der Waals surface area contributed by atoms with Gasteiger partial charge in [-0.15, -0.1) is 0 Å². The molecule has 0 unspecified atom stereocenters. The lowest BCUT2D eigenvalue weighted by Gasteiger charge is -2.28. The Hall–Kier alpha value is -7.17. The molecule has 8 aromatic carbocycles. The van der Waals surface area contributed by atoms with E-state index < -0.39 is 0 Å². The number of anilines is 3. The Bertz CT molecular complexity index is 2860. The molecule has 0 amide bonds. The van der Waals surface area contributed by atoms with Crippen molar-refractivity contribution in [2.75, 3.05) is 4.90 Å². The monoisotopic (exact) mass is 680 g/mol. The first-order valence-electron chi connectivity index (χ1n) is 17.8. The van der Waals surface area contributed by atoms with Crippen LogP contribution in [0.5, 0.6) is 0 Å². The second-order valence-corrected chi connectivity index (χ2v) is 13.1. The van der Waals surface area contributed by atoms with Gasteiger partial charge >= 0.3 is 0 Å². The number of fused-ring (bicyclic) bond motifs is 4. The second kappa shape index (κ2) is 12.9. The maximum absolute atomic E-state index is 6.42. The molecule has 0 bridgehead atoms. The molecular formula is C49H32N2O2. The molecule has 0 saturated heterocycles. The van der Waals surface area contributed by atoms with E-state index in [-0.39, 0.29) is 0 Å². The molecule has 0 aliphatic rings. The van der Waals surface area contributed by atoms with Gasteiger partial charge in [0.1, 0.15) is 16.7 Å². The largest absolute Gasteiger partial charge is 0.456 e. The Balaban J connectivity index is 1.15.